The first-order valence-corrected chi connectivity index (χ1v) is 10.9. The van der Waals surface area contributed by atoms with Crippen LogP contribution in [-0.2, 0) is 23.7 Å². The Morgan fingerprint density at radius 3 is 1.19 bits per heavy atom. The molecular weight excluding hydrogens is 356 g/mol. The lowest BCUT2D eigenvalue weighted by molar-refractivity contribution is -0.0979. The van der Waals surface area contributed by atoms with Crippen molar-refractivity contribution in [2.45, 2.75) is 78.2 Å². The van der Waals surface area contributed by atoms with E-state index in [-0.39, 0.29) is 30.5 Å². The Labute approximate surface area is 164 Å². The summed E-state index contributed by atoms with van der Waals surface area (Å²) in [5.74, 6) is 0.993. The van der Waals surface area contributed by atoms with Gasteiger partial charge in [0.15, 0.2) is 0 Å². The highest BCUT2D eigenvalue weighted by molar-refractivity contribution is 7.98. The molecule has 0 saturated heterocycles. The molecule has 0 fully saturated rings. The van der Waals surface area contributed by atoms with Crippen LogP contribution < -0.4 is 0 Å². The molecule has 7 heteroatoms. The highest BCUT2D eigenvalue weighted by atomic mass is 32.2. The summed E-state index contributed by atoms with van der Waals surface area (Å²) in [4.78, 5) is 0. The average Bonchev–Trinajstić information content (AvgIpc) is 2.59. The zero-order chi connectivity index (χ0) is 19.9. The molecule has 6 nitrogen and oxygen atoms in total. The fourth-order valence-electron chi connectivity index (χ4n) is 1.98. The minimum Gasteiger partial charge on any atom is -0.391 e. The van der Waals surface area contributed by atoms with Crippen LogP contribution in [-0.4, -0.2) is 86.8 Å². The van der Waals surface area contributed by atoms with Crippen LogP contribution in [0.3, 0.4) is 0 Å². The molecule has 0 aliphatic carbocycles. The lowest BCUT2D eigenvalue weighted by Crippen LogP contribution is -2.29. The van der Waals surface area contributed by atoms with Gasteiger partial charge in [0.05, 0.1) is 69.7 Å². The van der Waals surface area contributed by atoms with Crippen molar-refractivity contribution < 1.29 is 28.8 Å². The zero-order valence-corrected chi connectivity index (χ0v) is 18.4. The quantitative estimate of drug-likeness (QED) is 0.405. The standard InChI is InChI=1S/C19H40O6S/c1-14(20)8-21-15(2)9-22-16(3)10-23-17(4)11-24-18(5)12-25-19(6)13-26-7/h14-20H,8-13H2,1-7H3/t14-,15-,16-,17-,18-,19+/m0/s1. The van der Waals surface area contributed by atoms with Gasteiger partial charge in [0.1, 0.15) is 0 Å². The molecule has 0 radical (unpaired) electrons. The highest BCUT2D eigenvalue weighted by Crippen LogP contribution is 2.05. The molecule has 0 saturated carbocycles. The van der Waals surface area contributed by atoms with Crippen molar-refractivity contribution in [3.05, 3.63) is 0 Å². The van der Waals surface area contributed by atoms with Crippen LogP contribution in [0, 0.1) is 0 Å². The minimum atomic E-state index is -0.458. The normalized spacial score (nSPS) is 18.9. The van der Waals surface area contributed by atoms with Crippen LogP contribution in [0.5, 0.6) is 0 Å². The summed E-state index contributed by atoms with van der Waals surface area (Å²) in [5.41, 5.74) is 0. The molecule has 1 N–H and O–H groups in total. The summed E-state index contributed by atoms with van der Waals surface area (Å²) < 4.78 is 28.4. The molecule has 0 aromatic heterocycles. The molecule has 0 unspecified atom stereocenters. The molecule has 0 aliphatic heterocycles. The van der Waals surface area contributed by atoms with Gasteiger partial charge in [-0.1, -0.05) is 0 Å². The number of rotatable bonds is 17. The molecular formula is C19H40O6S. The third-order valence-corrected chi connectivity index (χ3v) is 4.29. The summed E-state index contributed by atoms with van der Waals surface area (Å²) >= 11 is 1.78. The maximum absolute atomic E-state index is 9.19. The second-order valence-electron chi connectivity index (χ2n) is 7.02. The van der Waals surface area contributed by atoms with Crippen molar-refractivity contribution in [3.63, 3.8) is 0 Å². The second-order valence-corrected chi connectivity index (χ2v) is 7.93. The highest BCUT2D eigenvalue weighted by Gasteiger charge is 2.12. The molecule has 0 amide bonds. The van der Waals surface area contributed by atoms with E-state index >= 15 is 0 Å². The first-order valence-electron chi connectivity index (χ1n) is 9.49. The molecule has 158 valence electrons. The van der Waals surface area contributed by atoms with Gasteiger partial charge >= 0.3 is 0 Å². The van der Waals surface area contributed by atoms with E-state index in [4.69, 9.17) is 23.7 Å². The topological polar surface area (TPSA) is 66.4 Å². The van der Waals surface area contributed by atoms with Crippen LogP contribution >= 0.6 is 11.8 Å². The predicted molar refractivity (Wildman–Crippen MR) is 107 cm³/mol. The number of aliphatic hydroxyl groups excluding tert-OH is 1. The van der Waals surface area contributed by atoms with Gasteiger partial charge in [-0.15, -0.1) is 0 Å². The van der Waals surface area contributed by atoms with E-state index in [9.17, 15) is 5.11 Å². The Balaban J connectivity index is 3.72. The van der Waals surface area contributed by atoms with E-state index in [0.717, 1.165) is 5.75 Å². The van der Waals surface area contributed by atoms with Gasteiger partial charge in [-0.2, -0.15) is 11.8 Å². The molecule has 0 aromatic rings. The zero-order valence-electron chi connectivity index (χ0n) is 17.6. The molecule has 6 atom stereocenters. The van der Waals surface area contributed by atoms with Crippen LogP contribution in [0.2, 0.25) is 0 Å². The van der Waals surface area contributed by atoms with Crippen LogP contribution in [0.15, 0.2) is 0 Å². The maximum atomic E-state index is 9.19. The molecule has 0 heterocycles. The smallest absolute Gasteiger partial charge is 0.0781 e. The summed E-state index contributed by atoms with van der Waals surface area (Å²) in [6, 6.07) is 0. The Kier molecular flexibility index (Phi) is 16.2. The minimum absolute atomic E-state index is 0.00367. The van der Waals surface area contributed by atoms with Crippen molar-refractivity contribution in [1.82, 2.24) is 0 Å². The monoisotopic (exact) mass is 396 g/mol. The number of thioether (sulfide) groups is 1. The Hall–Kier alpha value is 0.110. The third kappa shape index (κ3) is 16.3. The number of aliphatic hydroxyl groups is 1. The van der Waals surface area contributed by atoms with E-state index in [1.54, 1.807) is 18.7 Å². The van der Waals surface area contributed by atoms with Gasteiger partial charge in [0.2, 0.25) is 0 Å². The molecule has 0 aliphatic rings. The third-order valence-electron chi connectivity index (χ3n) is 3.49. The van der Waals surface area contributed by atoms with Gasteiger partial charge in [-0.25, -0.2) is 0 Å². The Morgan fingerprint density at radius 2 is 0.885 bits per heavy atom. The van der Waals surface area contributed by atoms with E-state index in [1.807, 2.05) is 27.7 Å². The lowest BCUT2D eigenvalue weighted by atomic mass is 10.3. The average molecular weight is 397 g/mol. The lowest BCUT2D eigenvalue weighted by Gasteiger charge is -2.22. The van der Waals surface area contributed by atoms with Gasteiger partial charge in [0, 0.05) is 5.75 Å². The summed E-state index contributed by atoms with van der Waals surface area (Å²) in [7, 11) is 0. The first-order chi connectivity index (χ1) is 12.2. The molecule has 26 heavy (non-hydrogen) atoms. The van der Waals surface area contributed by atoms with Gasteiger partial charge in [-0.3, -0.25) is 0 Å². The molecule has 0 aromatic carbocycles. The van der Waals surface area contributed by atoms with Crippen molar-refractivity contribution in [1.29, 1.82) is 0 Å². The van der Waals surface area contributed by atoms with E-state index in [1.165, 1.54) is 0 Å². The number of hydrogen-bond donors (Lipinski definition) is 1. The summed E-state index contributed by atoms with van der Waals surface area (Å²) in [6.45, 7) is 14.1. The Bertz CT molecular complexity index is 318. The van der Waals surface area contributed by atoms with Crippen molar-refractivity contribution in [3.8, 4) is 0 Å². The van der Waals surface area contributed by atoms with Crippen molar-refractivity contribution in [2.24, 2.45) is 0 Å². The van der Waals surface area contributed by atoms with Gasteiger partial charge < -0.3 is 28.8 Å². The van der Waals surface area contributed by atoms with E-state index in [0.29, 0.717) is 33.0 Å². The number of hydrogen-bond acceptors (Lipinski definition) is 7. The molecule has 0 rings (SSSR count). The van der Waals surface area contributed by atoms with E-state index in [2.05, 4.69) is 13.2 Å². The summed E-state index contributed by atoms with van der Waals surface area (Å²) in [5, 5.41) is 9.19. The molecule has 0 spiro atoms. The summed E-state index contributed by atoms with van der Waals surface area (Å²) in [6.07, 6.45) is 1.83. The number of ether oxygens (including phenoxy) is 5. The van der Waals surface area contributed by atoms with E-state index < -0.39 is 6.10 Å². The van der Waals surface area contributed by atoms with Crippen LogP contribution in [0.25, 0.3) is 0 Å². The fraction of sp³-hybridized carbons (Fsp3) is 1.00. The van der Waals surface area contributed by atoms with Crippen molar-refractivity contribution in [2.75, 3.05) is 45.0 Å². The maximum Gasteiger partial charge on any atom is 0.0781 e. The Morgan fingerprint density at radius 1 is 0.577 bits per heavy atom. The second kappa shape index (κ2) is 16.1. The molecule has 0 bridgehead atoms. The van der Waals surface area contributed by atoms with Crippen LogP contribution in [0.4, 0.5) is 0 Å². The SMILES string of the molecule is CSC[C@@H](C)OC[C@H](C)OC[C@H](C)OC[C@H](C)OC[C@H](C)OC[C@H](C)O. The largest absolute Gasteiger partial charge is 0.391 e. The van der Waals surface area contributed by atoms with Crippen molar-refractivity contribution >= 4 is 11.8 Å². The predicted octanol–water partition coefficient (Wildman–Crippen LogP) is 2.76. The van der Waals surface area contributed by atoms with Gasteiger partial charge in [-0.05, 0) is 47.8 Å². The first kappa shape index (κ1) is 26.1. The van der Waals surface area contributed by atoms with Crippen LogP contribution in [0.1, 0.15) is 41.5 Å². The fourth-order valence-corrected chi connectivity index (χ4v) is 2.54. The van der Waals surface area contributed by atoms with Gasteiger partial charge in [0.25, 0.3) is 0 Å².